The number of methoxy groups -OCH3 is 1. The van der Waals surface area contributed by atoms with E-state index in [1.807, 2.05) is 0 Å². The predicted octanol–water partition coefficient (Wildman–Crippen LogP) is 2.68. The molecule has 1 aliphatic carbocycles. The smallest absolute Gasteiger partial charge is 0.229 e. The average Bonchev–Trinajstić information content (AvgIpc) is 2.65. The first-order valence-corrected chi connectivity index (χ1v) is 7.02. The Bertz CT molecular complexity index is 479. The molecule has 5 heteroatoms. The summed E-state index contributed by atoms with van der Waals surface area (Å²) in [6.07, 6.45) is 4.89. The Labute approximate surface area is 118 Å². The summed E-state index contributed by atoms with van der Waals surface area (Å²) in [7, 11) is 1.45. The number of nitrogens with two attached hydrogens (primary N) is 1. The lowest BCUT2D eigenvalue weighted by Crippen LogP contribution is -2.37. The number of hydrogen-bond donors (Lipinski definition) is 2. The summed E-state index contributed by atoms with van der Waals surface area (Å²) < 4.78 is 18.2. The van der Waals surface area contributed by atoms with Crippen LogP contribution in [0.2, 0.25) is 0 Å². The molecule has 0 spiro atoms. The van der Waals surface area contributed by atoms with Crippen LogP contribution in [-0.2, 0) is 4.79 Å². The van der Waals surface area contributed by atoms with E-state index < -0.39 is 5.82 Å². The molecule has 0 radical (unpaired) electrons. The maximum Gasteiger partial charge on any atom is 0.229 e. The van der Waals surface area contributed by atoms with Gasteiger partial charge in [-0.05, 0) is 25.0 Å². The van der Waals surface area contributed by atoms with Crippen molar-refractivity contribution in [3.05, 3.63) is 24.0 Å². The van der Waals surface area contributed by atoms with Gasteiger partial charge in [-0.2, -0.15) is 0 Å². The second-order valence-electron chi connectivity index (χ2n) is 5.24. The highest BCUT2D eigenvalue weighted by Gasteiger charge is 2.27. The van der Waals surface area contributed by atoms with E-state index in [9.17, 15) is 9.18 Å². The summed E-state index contributed by atoms with van der Waals surface area (Å²) in [6.45, 7) is 0. The van der Waals surface area contributed by atoms with E-state index in [1.165, 1.54) is 25.3 Å². The Morgan fingerprint density at radius 3 is 2.85 bits per heavy atom. The van der Waals surface area contributed by atoms with Gasteiger partial charge in [0.2, 0.25) is 5.91 Å². The van der Waals surface area contributed by atoms with Crippen molar-refractivity contribution in [1.29, 1.82) is 0 Å². The van der Waals surface area contributed by atoms with E-state index >= 15 is 0 Å². The third kappa shape index (κ3) is 3.48. The third-order valence-corrected chi connectivity index (χ3v) is 3.83. The first-order valence-electron chi connectivity index (χ1n) is 7.02. The molecular weight excluding hydrogens is 259 g/mol. The zero-order chi connectivity index (χ0) is 14.5. The second-order valence-corrected chi connectivity index (χ2v) is 5.24. The number of hydrogen-bond acceptors (Lipinski definition) is 3. The van der Waals surface area contributed by atoms with E-state index in [0.717, 1.165) is 32.1 Å². The van der Waals surface area contributed by atoms with Gasteiger partial charge in [-0.3, -0.25) is 4.79 Å². The van der Waals surface area contributed by atoms with Crippen LogP contribution in [0.25, 0.3) is 0 Å². The molecule has 0 bridgehead atoms. The molecule has 110 valence electrons. The molecule has 3 N–H and O–H groups in total. The van der Waals surface area contributed by atoms with Crippen LogP contribution in [-0.4, -0.2) is 19.1 Å². The van der Waals surface area contributed by atoms with Gasteiger partial charge in [0.15, 0.2) is 0 Å². The van der Waals surface area contributed by atoms with Gasteiger partial charge in [-0.25, -0.2) is 4.39 Å². The van der Waals surface area contributed by atoms with Gasteiger partial charge in [0, 0.05) is 12.1 Å². The molecule has 4 nitrogen and oxygen atoms in total. The van der Waals surface area contributed by atoms with Crippen molar-refractivity contribution in [3.63, 3.8) is 0 Å². The number of nitrogens with one attached hydrogen (secondary N) is 1. The summed E-state index contributed by atoms with van der Waals surface area (Å²) in [5.41, 5.74) is 6.56. The molecule has 1 fully saturated rings. The molecular formula is C15H21FN2O2. The molecule has 1 saturated carbocycles. The molecule has 2 rings (SSSR count). The lowest BCUT2D eigenvalue weighted by atomic mass is 9.94. The van der Waals surface area contributed by atoms with Crippen molar-refractivity contribution >= 4 is 11.6 Å². The van der Waals surface area contributed by atoms with E-state index in [-0.39, 0.29) is 17.9 Å². The van der Waals surface area contributed by atoms with E-state index in [2.05, 4.69) is 5.32 Å². The molecule has 1 aliphatic rings. The van der Waals surface area contributed by atoms with Gasteiger partial charge in [-0.1, -0.05) is 19.3 Å². The maximum atomic E-state index is 13.1. The predicted molar refractivity (Wildman–Crippen MR) is 76.1 cm³/mol. The minimum atomic E-state index is -0.397. The van der Waals surface area contributed by atoms with E-state index in [1.54, 1.807) is 0 Å². The fourth-order valence-electron chi connectivity index (χ4n) is 2.66. The fourth-order valence-corrected chi connectivity index (χ4v) is 2.66. The van der Waals surface area contributed by atoms with Crippen LogP contribution < -0.4 is 15.8 Å². The SMILES string of the molecule is COc1cc(F)ccc1NC(=O)C1CCCCCC1N. The number of halogens is 1. The highest BCUT2D eigenvalue weighted by molar-refractivity contribution is 5.94. The zero-order valence-corrected chi connectivity index (χ0v) is 11.7. The van der Waals surface area contributed by atoms with Crippen LogP contribution >= 0.6 is 0 Å². The van der Waals surface area contributed by atoms with Crippen LogP contribution in [0.1, 0.15) is 32.1 Å². The quantitative estimate of drug-likeness (QED) is 0.837. The van der Waals surface area contributed by atoms with Gasteiger partial charge in [0.05, 0.1) is 18.7 Å². The number of ether oxygens (including phenoxy) is 1. The van der Waals surface area contributed by atoms with Gasteiger partial charge < -0.3 is 15.8 Å². The Morgan fingerprint density at radius 2 is 2.10 bits per heavy atom. The van der Waals surface area contributed by atoms with Gasteiger partial charge in [-0.15, -0.1) is 0 Å². The summed E-state index contributed by atoms with van der Waals surface area (Å²) >= 11 is 0. The summed E-state index contributed by atoms with van der Waals surface area (Å²) in [6, 6.07) is 3.95. The molecule has 2 atom stereocenters. The van der Waals surface area contributed by atoms with Crippen molar-refractivity contribution < 1.29 is 13.9 Å². The summed E-state index contributed by atoms with van der Waals surface area (Å²) in [5.74, 6) is -0.372. The van der Waals surface area contributed by atoms with Gasteiger partial charge in [0.25, 0.3) is 0 Å². The monoisotopic (exact) mass is 280 g/mol. The molecule has 1 aromatic carbocycles. The number of carbonyl (C=O) groups excluding carboxylic acids is 1. The van der Waals surface area contributed by atoms with Crippen molar-refractivity contribution in [3.8, 4) is 5.75 Å². The topological polar surface area (TPSA) is 64.3 Å². The lowest BCUT2D eigenvalue weighted by Gasteiger charge is -2.21. The fraction of sp³-hybridized carbons (Fsp3) is 0.533. The van der Waals surface area contributed by atoms with Crippen LogP contribution in [0, 0.1) is 11.7 Å². The third-order valence-electron chi connectivity index (χ3n) is 3.83. The Morgan fingerprint density at radius 1 is 1.35 bits per heavy atom. The number of amides is 1. The van der Waals surface area contributed by atoms with Crippen LogP contribution in [0.5, 0.6) is 5.75 Å². The number of anilines is 1. The first kappa shape index (κ1) is 14.8. The van der Waals surface area contributed by atoms with Crippen LogP contribution in [0.15, 0.2) is 18.2 Å². The van der Waals surface area contributed by atoms with Crippen molar-refractivity contribution in [2.75, 3.05) is 12.4 Å². The summed E-state index contributed by atoms with van der Waals surface area (Å²) in [5, 5.41) is 2.81. The second kappa shape index (κ2) is 6.70. The minimum Gasteiger partial charge on any atom is -0.494 e. The Hall–Kier alpha value is -1.62. The van der Waals surface area contributed by atoms with Crippen LogP contribution in [0.4, 0.5) is 10.1 Å². The molecule has 1 aromatic rings. The minimum absolute atomic E-state index is 0.107. The molecule has 2 unspecified atom stereocenters. The van der Waals surface area contributed by atoms with Crippen LogP contribution in [0.3, 0.4) is 0 Å². The van der Waals surface area contributed by atoms with Crippen molar-refractivity contribution in [2.45, 2.75) is 38.1 Å². The molecule has 20 heavy (non-hydrogen) atoms. The first-order chi connectivity index (χ1) is 9.61. The largest absolute Gasteiger partial charge is 0.494 e. The van der Waals surface area contributed by atoms with Crippen molar-refractivity contribution in [2.24, 2.45) is 11.7 Å². The number of benzene rings is 1. The molecule has 0 heterocycles. The van der Waals surface area contributed by atoms with Crippen molar-refractivity contribution in [1.82, 2.24) is 0 Å². The molecule has 1 amide bonds. The van der Waals surface area contributed by atoms with Gasteiger partial charge in [0.1, 0.15) is 11.6 Å². The number of rotatable bonds is 3. The number of carbonyl (C=O) groups is 1. The summed E-state index contributed by atoms with van der Waals surface area (Å²) in [4.78, 5) is 12.3. The van der Waals surface area contributed by atoms with E-state index in [0.29, 0.717) is 11.4 Å². The van der Waals surface area contributed by atoms with Gasteiger partial charge >= 0.3 is 0 Å². The highest BCUT2D eigenvalue weighted by Crippen LogP contribution is 2.28. The lowest BCUT2D eigenvalue weighted by molar-refractivity contribution is -0.120. The van der Waals surface area contributed by atoms with E-state index in [4.69, 9.17) is 10.5 Å². The molecule has 0 aromatic heterocycles. The standard InChI is InChI=1S/C15H21FN2O2/c1-20-14-9-10(16)7-8-13(14)18-15(19)11-5-3-2-4-6-12(11)17/h7-9,11-12H,2-6,17H2,1H3,(H,18,19). The zero-order valence-electron chi connectivity index (χ0n) is 11.7. The Kier molecular flexibility index (Phi) is 4.95. The highest BCUT2D eigenvalue weighted by atomic mass is 19.1. The Balaban J connectivity index is 2.10. The average molecular weight is 280 g/mol. The molecule has 0 aliphatic heterocycles. The molecule has 0 saturated heterocycles. The maximum absolute atomic E-state index is 13.1. The normalized spacial score (nSPS) is 22.9.